The van der Waals surface area contributed by atoms with Gasteiger partial charge in [-0.3, -0.25) is 15.4 Å². The summed E-state index contributed by atoms with van der Waals surface area (Å²) in [6.07, 6.45) is 8.06. The number of oxime groups is 1. The Hall–Kier alpha value is -6.39. The number of carbonyl (C=O) groups is 1. The third kappa shape index (κ3) is 10.5. The second-order valence-corrected chi connectivity index (χ2v) is 18.4. The first-order valence-electron chi connectivity index (χ1n) is 23.0. The zero-order valence-electron chi connectivity index (χ0n) is 38.2. The number of nitro benzene ring substituents is 1. The molecule has 68 heavy (non-hydrogen) atoms. The maximum absolute atomic E-state index is 13.6. The summed E-state index contributed by atoms with van der Waals surface area (Å²) in [4.78, 5) is 31.8. The number of nitro groups is 1. The van der Waals surface area contributed by atoms with E-state index in [-0.39, 0.29) is 55.1 Å². The molecule has 1 amide bonds. The predicted molar refractivity (Wildman–Crippen MR) is 262 cm³/mol. The highest BCUT2D eigenvalue weighted by Crippen LogP contribution is 2.63. The number of anilines is 1. The van der Waals surface area contributed by atoms with Gasteiger partial charge in [-0.1, -0.05) is 60.5 Å². The quantitative estimate of drug-likeness (QED) is 0.0275. The van der Waals surface area contributed by atoms with Crippen molar-refractivity contribution in [2.75, 3.05) is 39.4 Å². The Kier molecular flexibility index (Phi) is 15.7. The van der Waals surface area contributed by atoms with Crippen molar-refractivity contribution in [1.82, 2.24) is 0 Å². The number of hydrogen-bond donors (Lipinski definition) is 3. The normalized spacial score (nSPS) is 22.0. The number of aliphatic hydroxyl groups excluding tert-OH is 2. The van der Waals surface area contributed by atoms with Gasteiger partial charge in [0.2, 0.25) is 5.79 Å². The summed E-state index contributed by atoms with van der Waals surface area (Å²) in [7, 11) is 3.06. The van der Waals surface area contributed by atoms with E-state index in [0.29, 0.717) is 47.9 Å². The average Bonchev–Trinajstić information content (AvgIpc) is 3.35. The summed E-state index contributed by atoms with van der Waals surface area (Å²) < 4.78 is 31.3. The Morgan fingerprint density at radius 2 is 1.69 bits per heavy atom. The fourth-order valence-electron chi connectivity index (χ4n) is 9.94. The molecule has 15 heteroatoms. The number of allylic oxidation sites excluding steroid dienone is 1. The van der Waals surface area contributed by atoms with E-state index in [0.717, 1.165) is 63.8 Å². The number of methoxy groups -OCH3 is 2. The number of thioether (sulfide) groups is 1. The Morgan fingerprint density at radius 3 is 2.43 bits per heavy atom. The maximum atomic E-state index is 13.6. The number of nitrogens with one attached hydrogen (secondary N) is 1. The number of aliphatic hydroxyl groups is 2. The van der Waals surface area contributed by atoms with Gasteiger partial charge in [0.25, 0.3) is 5.69 Å². The van der Waals surface area contributed by atoms with Crippen molar-refractivity contribution in [2.45, 2.75) is 73.4 Å². The molecule has 1 heterocycles. The number of unbranched alkanes of at least 4 members (excludes halogenated alkanes) is 2. The highest BCUT2D eigenvalue weighted by atomic mass is 32.2. The fourth-order valence-corrected chi connectivity index (χ4v) is 11.3. The first-order chi connectivity index (χ1) is 33.2. The number of benzene rings is 5. The Labute approximate surface area is 400 Å². The van der Waals surface area contributed by atoms with E-state index in [1.54, 1.807) is 61.3 Å². The molecule has 0 radical (unpaired) electrons. The van der Waals surface area contributed by atoms with Gasteiger partial charge in [-0.2, -0.15) is 0 Å². The summed E-state index contributed by atoms with van der Waals surface area (Å²) in [5.74, 6) is -0.100. The van der Waals surface area contributed by atoms with Crippen molar-refractivity contribution in [3.05, 3.63) is 149 Å². The van der Waals surface area contributed by atoms with Gasteiger partial charge in [-0.05, 0) is 114 Å². The van der Waals surface area contributed by atoms with E-state index >= 15 is 0 Å². The van der Waals surface area contributed by atoms with Gasteiger partial charge in [0.05, 0.1) is 48.3 Å². The molecule has 8 rings (SSSR count). The molecule has 1 aliphatic heterocycles. The number of rotatable bonds is 21. The van der Waals surface area contributed by atoms with Crippen LogP contribution in [0.15, 0.2) is 137 Å². The van der Waals surface area contributed by atoms with Crippen molar-refractivity contribution in [2.24, 2.45) is 22.9 Å². The van der Waals surface area contributed by atoms with E-state index < -0.39 is 22.7 Å². The molecule has 3 aliphatic rings. The van der Waals surface area contributed by atoms with Crippen LogP contribution in [-0.4, -0.2) is 72.0 Å². The van der Waals surface area contributed by atoms with Crippen LogP contribution in [0.3, 0.4) is 0 Å². The number of hydrogen-bond acceptors (Lipinski definition) is 13. The first-order valence-corrected chi connectivity index (χ1v) is 23.9. The van der Waals surface area contributed by atoms with E-state index in [9.17, 15) is 25.1 Å². The van der Waals surface area contributed by atoms with Crippen LogP contribution in [0.5, 0.6) is 23.0 Å². The molecule has 0 bridgehead atoms. The van der Waals surface area contributed by atoms with Crippen molar-refractivity contribution in [3.8, 4) is 23.0 Å². The first kappa shape index (κ1) is 48.1. The molecule has 6 unspecified atom stereocenters. The van der Waals surface area contributed by atoms with Gasteiger partial charge in [-0.25, -0.2) is 4.79 Å². The van der Waals surface area contributed by atoms with E-state index in [1.165, 1.54) is 19.2 Å². The van der Waals surface area contributed by atoms with Crippen molar-refractivity contribution in [1.29, 1.82) is 0 Å². The van der Waals surface area contributed by atoms with Crippen molar-refractivity contribution < 1.29 is 48.5 Å². The van der Waals surface area contributed by atoms with Gasteiger partial charge >= 0.3 is 6.09 Å². The van der Waals surface area contributed by atoms with Crippen LogP contribution in [0.1, 0.15) is 62.0 Å². The SMILES string of the molecule is C=CCOC12Oc3ccc(OC(=O)Nc4ccc(OC)cc4OC)cc3C3C(CCCCO)C(CCCCO)C=C(C(=NOCc4ccc([N+](=O)[O-])cc4)CC1Sc1ccc4ccccc4c1)C32. The average molecular weight is 944 g/mol. The molecule has 1 saturated carbocycles. The molecule has 14 nitrogen and oxygen atoms in total. The molecule has 0 aromatic heterocycles. The highest BCUT2D eigenvalue weighted by Gasteiger charge is 2.64. The van der Waals surface area contributed by atoms with Gasteiger partial charge < -0.3 is 38.7 Å². The summed E-state index contributed by atoms with van der Waals surface area (Å²) in [6.45, 7) is 4.45. The number of amides is 1. The molecule has 1 fully saturated rings. The van der Waals surface area contributed by atoms with Gasteiger partial charge in [-0.15, -0.1) is 18.3 Å². The molecular weight excluding hydrogens is 887 g/mol. The second kappa shape index (κ2) is 22.1. The van der Waals surface area contributed by atoms with Crippen LogP contribution in [0.2, 0.25) is 0 Å². The number of fused-ring (bicyclic) bond motifs is 3. The predicted octanol–water partition coefficient (Wildman–Crippen LogP) is 11.0. The fraction of sp³-hybridized carbons (Fsp3) is 0.358. The second-order valence-electron chi connectivity index (χ2n) is 17.2. The van der Waals surface area contributed by atoms with Crippen molar-refractivity contribution in [3.63, 3.8) is 0 Å². The molecule has 356 valence electrons. The molecule has 5 aromatic carbocycles. The molecule has 2 aliphatic carbocycles. The minimum Gasteiger partial charge on any atom is -0.497 e. The number of nitrogens with zero attached hydrogens (tertiary/aromatic N) is 2. The number of non-ortho nitro benzene ring substituents is 1. The smallest absolute Gasteiger partial charge is 0.417 e. The molecule has 6 atom stereocenters. The summed E-state index contributed by atoms with van der Waals surface area (Å²) in [5, 5.41) is 40.9. The lowest BCUT2D eigenvalue weighted by Crippen LogP contribution is -2.64. The van der Waals surface area contributed by atoms with E-state index in [2.05, 4.69) is 48.3 Å². The third-order valence-electron chi connectivity index (χ3n) is 13.0. The van der Waals surface area contributed by atoms with E-state index in [1.807, 2.05) is 24.3 Å². The summed E-state index contributed by atoms with van der Waals surface area (Å²) in [6, 6.07) is 31.4. The lowest BCUT2D eigenvalue weighted by atomic mass is 9.56. The monoisotopic (exact) mass is 943 g/mol. The zero-order valence-corrected chi connectivity index (χ0v) is 39.0. The third-order valence-corrected chi connectivity index (χ3v) is 14.3. The van der Waals surface area contributed by atoms with Crippen LogP contribution in [0.4, 0.5) is 16.2 Å². The topological polar surface area (TPSA) is 180 Å². The van der Waals surface area contributed by atoms with Gasteiger partial charge in [0.1, 0.15) is 29.6 Å². The molecule has 0 spiro atoms. The van der Waals surface area contributed by atoms with Crippen LogP contribution >= 0.6 is 11.8 Å². The van der Waals surface area contributed by atoms with Crippen LogP contribution in [-0.2, 0) is 16.2 Å². The molecule has 3 N–H and O–H groups in total. The maximum Gasteiger partial charge on any atom is 0.417 e. The van der Waals surface area contributed by atoms with Crippen LogP contribution < -0.4 is 24.3 Å². The minimum absolute atomic E-state index is 0.00248. The Balaban J connectivity index is 1.25. The summed E-state index contributed by atoms with van der Waals surface area (Å²) in [5.41, 5.74) is 3.60. The van der Waals surface area contributed by atoms with Crippen LogP contribution in [0.25, 0.3) is 10.8 Å². The lowest BCUT2D eigenvalue weighted by Gasteiger charge is -2.58. The van der Waals surface area contributed by atoms with Gasteiger partial charge in [0.15, 0.2) is 0 Å². The molecular formula is C53H57N3O11S. The largest absolute Gasteiger partial charge is 0.497 e. The van der Waals surface area contributed by atoms with Crippen molar-refractivity contribution >= 4 is 45.7 Å². The number of carbonyl (C=O) groups excluding carboxylic acids is 1. The standard InChI is InChI=1S/C53H57N3O11S/c1-4-27-64-53-49(68-41-22-17-35-11-5-6-12-36(35)28-41)32-46(55-65-33-34-15-18-38(19-16-34)56(60)61)43-29-37(13-7-9-25-57)42(14-8-10-26-58)50(51(43)53)44-30-40(21-24-47(44)67-53)66-52(59)54-45-23-20-39(62-2)31-48(45)63-3/h4-6,11-12,15-24,28-31,37,42,49-51,57-58H,1,7-10,13-14,25-27,32-33H2,2-3H3,(H,54,59). The number of ether oxygens (including phenoxy) is 5. The molecule has 5 aromatic rings. The summed E-state index contributed by atoms with van der Waals surface area (Å²) >= 11 is 1.66. The highest BCUT2D eigenvalue weighted by molar-refractivity contribution is 8.00. The Morgan fingerprint density at radius 1 is 0.926 bits per heavy atom. The lowest BCUT2D eigenvalue weighted by molar-refractivity contribution is -0.384. The van der Waals surface area contributed by atoms with Gasteiger partial charge in [0, 0.05) is 54.2 Å². The van der Waals surface area contributed by atoms with E-state index in [4.69, 9.17) is 33.7 Å². The molecule has 0 saturated heterocycles. The minimum atomic E-state index is -1.26. The zero-order chi connectivity index (χ0) is 47.6. The Bertz CT molecular complexity index is 2660. The van der Waals surface area contributed by atoms with Crippen LogP contribution in [0, 0.1) is 27.9 Å².